The molecule has 1 unspecified atom stereocenters. The van der Waals surface area contributed by atoms with Crippen molar-refractivity contribution in [3.05, 3.63) is 29.5 Å². The Kier molecular flexibility index (Phi) is 3.37. The Morgan fingerprint density at radius 2 is 2.19 bits per heavy atom. The summed E-state index contributed by atoms with van der Waals surface area (Å²) in [6.07, 6.45) is 3.87. The molecule has 3 rings (SSSR count). The number of likely N-dealkylation sites (tertiary alicyclic amines) is 1. The van der Waals surface area contributed by atoms with E-state index >= 15 is 0 Å². The maximum absolute atomic E-state index is 12.8. The van der Waals surface area contributed by atoms with Crippen LogP contribution in [-0.4, -0.2) is 44.7 Å². The Morgan fingerprint density at radius 3 is 2.95 bits per heavy atom. The predicted octanol–water partition coefficient (Wildman–Crippen LogP) is 1.95. The minimum atomic E-state index is -0.934. The average molecular weight is 287 g/mol. The molecule has 0 saturated carbocycles. The highest BCUT2D eigenvalue weighted by Crippen LogP contribution is 2.24. The fraction of sp³-hybridized carbons (Fsp3) is 0.400. The fourth-order valence-corrected chi connectivity index (χ4v) is 2.96. The first-order chi connectivity index (χ1) is 10.1. The fourth-order valence-electron chi connectivity index (χ4n) is 2.96. The molecule has 0 spiro atoms. The number of H-pyrrole nitrogens is 1. The summed E-state index contributed by atoms with van der Waals surface area (Å²) in [5.74, 6) is -1.17. The average Bonchev–Trinajstić information content (AvgIpc) is 2.93. The SMILES string of the molecule is Cc1cc(C(=O)N2CCCCC2C(=O)O)c2[nH]ncc2c1. The standard InChI is InChI=1S/C15H17N3O3/c1-9-6-10-8-16-17-13(10)11(7-9)14(19)18-5-3-2-4-12(18)15(20)21/h6-8,12H,2-5H2,1H3,(H,16,17)(H,20,21). The molecule has 21 heavy (non-hydrogen) atoms. The number of aryl methyl sites for hydroxylation is 1. The number of carboxylic acids is 1. The van der Waals surface area contributed by atoms with Gasteiger partial charge in [-0.05, 0) is 43.9 Å². The lowest BCUT2D eigenvalue weighted by molar-refractivity contribution is -0.143. The van der Waals surface area contributed by atoms with Gasteiger partial charge in [-0.25, -0.2) is 4.79 Å². The van der Waals surface area contributed by atoms with Gasteiger partial charge in [0.05, 0.1) is 17.3 Å². The number of aromatic nitrogens is 2. The number of carboxylic acid groups (broad SMARTS) is 1. The quantitative estimate of drug-likeness (QED) is 0.884. The van der Waals surface area contributed by atoms with Crippen molar-refractivity contribution in [2.24, 2.45) is 0 Å². The zero-order chi connectivity index (χ0) is 15.0. The van der Waals surface area contributed by atoms with Crippen molar-refractivity contribution in [3.63, 3.8) is 0 Å². The van der Waals surface area contributed by atoms with Crippen LogP contribution < -0.4 is 0 Å². The van der Waals surface area contributed by atoms with Gasteiger partial charge < -0.3 is 10.0 Å². The molecule has 1 saturated heterocycles. The summed E-state index contributed by atoms with van der Waals surface area (Å²) >= 11 is 0. The van der Waals surface area contributed by atoms with Crippen LogP contribution in [0.15, 0.2) is 18.3 Å². The van der Waals surface area contributed by atoms with Crippen LogP contribution >= 0.6 is 0 Å². The molecule has 2 N–H and O–H groups in total. The van der Waals surface area contributed by atoms with Crippen molar-refractivity contribution < 1.29 is 14.7 Å². The lowest BCUT2D eigenvalue weighted by Gasteiger charge is -2.33. The van der Waals surface area contributed by atoms with E-state index in [-0.39, 0.29) is 5.91 Å². The molecule has 1 fully saturated rings. The van der Waals surface area contributed by atoms with Crippen LogP contribution in [0.4, 0.5) is 0 Å². The molecular weight excluding hydrogens is 270 g/mol. The van der Waals surface area contributed by atoms with Crippen LogP contribution in [0.3, 0.4) is 0 Å². The monoisotopic (exact) mass is 287 g/mol. The van der Waals surface area contributed by atoms with Crippen LogP contribution in [0.5, 0.6) is 0 Å². The van der Waals surface area contributed by atoms with E-state index in [0.717, 1.165) is 23.8 Å². The number of nitrogens with zero attached hydrogens (tertiary/aromatic N) is 2. The second kappa shape index (κ2) is 5.20. The Balaban J connectivity index is 2.03. The number of aromatic amines is 1. The van der Waals surface area contributed by atoms with E-state index in [1.807, 2.05) is 13.0 Å². The molecule has 110 valence electrons. The normalized spacial score (nSPS) is 18.9. The zero-order valence-corrected chi connectivity index (χ0v) is 11.8. The van der Waals surface area contributed by atoms with Crippen molar-refractivity contribution in [2.75, 3.05) is 6.54 Å². The number of piperidine rings is 1. The van der Waals surface area contributed by atoms with Crippen molar-refractivity contribution in [1.82, 2.24) is 15.1 Å². The number of hydrogen-bond donors (Lipinski definition) is 2. The summed E-state index contributed by atoms with van der Waals surface area (Å²) in [5, 5.41) is 17.0. The second-order valence-electron chi connectivity index (χ2n) is 5.50. The summed E-state index contributed by atoms with van der Waals surface area (Å²) in [5.41, 5.74) is 2.12. The third-order valence-electron chi connectivity index (χ3n) is 3.97. The number of rotatable bonds is 2. The van der Waals surface area contributed by atoms with Crippen LogP contribution in [0, 0.1) is 6.92 Å². The van der Waals surface area contributed by atoms with E-state index in [1.165, 1.54) is 4.90 Å². The van der Waals surface area contributed by atoms with E-state index < -0.39 is 12.0 Å². The first-order valence-electron chi connectivity index (χ1n) is 7.05. The molecule has 6 heteroatoms. The van der Waals surface area contributed by atoms with Gasteiger partial charge in [0.15, 0.2) is 0 Å². The molecule has 0 bridgehead atoms. The van der Waals surface area contributed by atoms with Gasteiger partial charge in [-0.15, -0.1) is 0 Å². The summed E-state index contributed by atoms with van der Waals surface area (Å²) < 4.78 is 0. The van der Waals surface area contributed by atoms with Gasteiger partial charge in [-0.2, -0.15) is 5.10 Å². The molecule has 1 aliphatic rings. The molecule has 1 aromatic heterocycles. The Labute approximate surface area is 121 Å². The van der Waals surface area contributed by atoms with Crippen molar-refractivity contribution >= 4 is 22.8 Å². The van der Waals surface area contributed by atoms with Gasteiger partial charge in [0.25, 0.3) is 5.91 Å². The number of carbonyl (C=O) groups excluding carboxylic acids is 1. The van der Waals surface area contributed by atoms with Crippen molar-refractivity contribution in [1.29, 1.82) is 0 Å². The minimum Gasteiger partial charge on any atom is -0.480 e. The molecular formula is C15H17N3O3. The Morgan fingerprint density at radius 1 is 1.38 bits per heavy atom. The van der Waals surface area contributed by atoms with Crippen molar-refractivity contribution in [2.45, 2.75) is 32.2 Å². The smallest absolute Gasteiger partial charge is 0.326 e. The Bertz CT molecular complexity index is 707. The lowest BCUT2D eigenvalue weighted by atomic mass is 9.99. The molecule has 0 aliphatic carbocycles. The Hall–Kier alpha value is -2.37. The molecule has 6 nitrogen and oxygen atoms in total. The van der Waals surface area contributed by atoms with Crippen LogP contribution in [-0.2, 0) is 4.79 Å². The minimum absolute atomic E-state index is 0.236. The lowest BCUT2D eigenvalue weighted by Crippen LogP contribution is -2.48. The van der Waals surface area contributed by atoms with Crippen LogP contribution in [0.1, 0.15) is 35.2 Å². The highest BCUT2D eigenvalue weighted by molar-refractivity contribution is 6.06. The molecule has 2 aromatic rings. The summed E-state index contributed by atoms with van der Waals surface area (Å²) in [6.45, 7) is 2.40. The first kappa shape index (κ1) is 13.6. The van der Waals surface area contributed by atoms with Gasteiger partial charge in [0.1, 0.15) is 6.04 Å². The van der Waals surface area contributed by atoms with E-state index in [9.17, 15) is 14.7 Å². The van der Waals surface area contributed by atoms with Crippen LogP contribution in [0.25, 0.3) is 10.9 Å². The highest BCUT2D eigenvalue weighted by atomic mass is 16.4. The van der Waals surface area contributed by atoms with E-state index in [4.69, 9.17) is 0 Å². The molecule has 1 aromatic carbocycles. The molecule has 0 radical (unpaired) electrons. The first-order valence-corrected chi connectivity index (χ1v) is 7.05. The molecule has 1 amide bonds. The molecule has 2 heterocycles. The highest BCUT2D eigenvalue weighted by Gasteiger charge is 2.33. The van der Waals surface area contributed by atoms with E-state index in [2.05, 4.69) is 10.2 Å². The molecule has 1 aliphatic heterocycles. The second-order valence-corrected chi connectivity index (χ2v) is 5.50. The van der Waals surface area contributed by atoms with Gasteiger partial charge in [-0.1, -0.05) is 0 Å². The van der Waals surface area contributed by atoms with Gasteiger partial charge in [0.2, 0.25) is 0 Å². The van der Waals surface area contributed by atoms with Gasteiger partial charge in [-0.3, -0.25) is 9.89 Å². The number of hydrogen-bond acceptors (Lipinski definition) is 3. The number of carbonyl (C=O) groups is 2. The van der Waals surface area contributed by atoms with Crippen molar-refractivity contribution in [3.8, 4) is 0 Å². The third-order valence-corrected chi connectivity index (χ3v) is 3.97. The van der Waals surface area contributed by atoms with E-state index in [0.29, 0.717) is 24.0 Å². The number of nitrogens with one attached hydrogen (secondary N) is 1. The topological polar surface area (TPSA) is 86.3 Å². The van der Waals surface area contributed by atoms with Gasteiger partial charge in [0, 0.05) is 11.9 Å². The van der Waals surface area contributed by atoms with Crippen LogP contribution in [0.2, 0.25) is 0 Å². The summed E-state index contributed by atoms with van der Waals surface area (Å²) in [6, 6.07) is 3.00. The molecule has 1 atom stereocenters. The third kappa shape index (κ3) is 2.37. The summed E-state index contributed by atoms with van der Waals surface area (Å²) in [4.78, 5) is 25.6. The predicted molar refractivity (Wildman–Crippen MR) is 77.1 cm³/mol. The number of benzene rings is 1. The van der Waals surface area contributed by atoms with E-state index in [1.54, 1.807) is 12.3 Å². The van der Waals surface area contributed by atoms with Gasteiger partial charge >= 0.3 is 5.97 Å². The maximum atomic E-state index is 12.8. The number of aliphatic carboxylic acids is 1. The largest absolute Gasteiger partial charge is 0.480 e. The number of amides is 1. The number of fused-ring (bicyclic) bond motifs is 1. The maximum Gasteiger partial charge on any atom is 0.326 e. The zero-order valence-electron chi connectivity index (χ0n) is 11.8. The summed E-state index contributed by atoms with van der Waals surface area (Å²) in [7, 11) is 0.